The van der Waals surface area contributed by atoms with Crippen LogP contribution in [0.15, 0.2) is 53.3 Å². The van der Waals surface area contributed by atoms with E-state index in [-0.39, 0.29) is 24.1 Å². The number of nitrogens with zero attached hydrogens (tertiary/aromatic N) is 2. The molecule has 5 nitrogen and oxygen atoms in total. The summed E-state index contributed by atoms with van der Waals surface area (Å²) >= 11 is 0. The number of rotatable bonds is 4. The standard InChI is InChI=1S/C20H21N3O2/c1-13-8-10-16(11-9-13)14(2)21-19(24)12-23-20(25)18-7-5-4-6-17(18)15(3)22-23/h4-11,14H,12H2,1-3H3,(H,21,24). The second-order valence-corrected chi connectivity index (χ2v) is 6.29. The Kier molecular flexibility index (Phi) is 4.65. The minimum absolute atomic E-state index is 0.0965. The van der Waals surface area contributed by atoms with Gasteiger partial charge in [0.15, 0.2) is 0 Å². The summed E-state index contributed by atoms with van der Waals surface area (Å²) in [5.41, 5.74) is 2.67. The Bertz CT molecular complexity index is 974. The van der Waals surface area contributed by atoms with Crippen LogP contribution in [0.1, 0.15) is 29.8 Å². The van der Waals surface area contributed by atoms with E-state index in [1.165, 1.54) is 10.2 Å². The fourth-order valence-corrected chi connectivity index (χ4v) is 2.87. The van der Waals surface area contributed by atoms with E-state index < -0.39 is 0 Å². The molecule has 25 heavy (non-hydrogen) atoms. The average Bonchev–Trinajstić information content (AvgIpc) is 2.60. The molecule has 2 aromatic carbocycles. The molecule has 1 N–H and O–H groups in total. The lowest BCUT2D eigenvalue weighted by atomic mass is 10.1. The highest BCUT2D eigenvalue weighted by Crippen LogP contribution is 2.14. The number of hydrogen-bond acceptors (Lipinski definition) is 3. The van der Waals surface area contributed by atoms with E-state index in [1.54, 1.807) is 6.07 Å². The van der Waals surface area contributed by atoms with Crippen LogP contribution < -0.4 is 10.9 Å². The van der Waals surface area contributed by atoms with Gasteiger partial charge in [-0.25, -0.2) is 4.68 Å². The molecule has 3 rings (SSSR count). The van der Waals surface area contributed by atoms with Crippen LogP contribution in [0.3, 0.4) is 0 Å². The molecule has 0 saturated heterocycles. The lowest BCUT2D eigenvalue weighted by Gasteiger charge is -2.15. The predicted molar refractivity (Wildman–Crippen MR) is 98.5 cm³/mol. The number of fused-ring (bicyclic) bond motifs is 1. The second kappa shape index (κ2) is 6.89. The SMILES string of the molecule is Cc1ccc(C(C)NC(=O)Cn2nc(C)c3ccccc3c2=O)cc1. The Labute approximate surface area is 146 Å². The van der Waals surface area contributed by atoms with E-state index in [2.05, 4.69) is 10.4 Å². The van der Waals surface area contributed by atoms with Gasteiger partial charge < -0.3 is 5.32 Å². The average molecular weight is 335 g/mol. The first-order chi connectivity index (χ1) is 12.0. The molecule has 1 amide bonds. The number of benzene rings is 2. The van der Waals surface area contributed by atoms with Crippen molar-refractivity contribution >= 4 is 16.7 Å². The van der Waals surface area contributed by atoms with Crippen LogP contribution >= 0.6 is 0 Å². The van der Waals surface area contributed by atoms with Crippen LogP contribution in [-0.4, -0.2) is 15.7 Å². The molecule has 1 atom stereocenters. The normalized spacial score (nSPS) is 12.1. The molecule has 0 saturated carbocycles. The van der Waals surface area contributed by atoms with Crippen molar-refractivity contribution in [2.75, 3.05) is 0 Å². The molecule has 0 radical (unpaired) electrons. The summed E-state index contributed by atoms with van der Waals surface area (Å²) in [5.74, 6) is -0.239. The van der Waals surface area contributed by atoms with Crippen molar-refractivity contribution in [3.8, 4) is 0 Å². The smallest absolute Gasteiger partial charge is 0.275 e. The monoisotopic (exact) mass is 335 g/mol. The Morgan fingerprint density at radius 2 is 1.72 bits per heavy atom. The first kappa shape index (κ1) is 16.9. The number of amides is 1. The summed E-state index contributed by atoms with van der Waals surface area (Å²) in [7, 11) is 0. The largest absolute Gasteiger partial charge is 0.348 e. The van der Waals surface area contributed by atoms with Crippen LogP contribution in [0.5, 0.6) is 0 Å². The summed E-state index contributed by atoms with van der Waals surface area (Å²) in [4.78, 5) is 24.9. The van der Waals surface area contributed by atoms with Crippen molar-refractivity contribution in [2.45, 2.75) is 33.4 Å². The molecule has 0 aliphatic rings. The quantitative estimate of drug-likeness (QED) is 0.797. The van der Waals surface area contributed by atoms with Crippen LogP contribution in [0, 0.1) is 13.8 Å². The molecule has 3 aromatic rings. The van der Waals surface area contributed by atoms with Crippen LogP contribution in [0.2, 0.25) is 0 Å². The zero-order valence-electron chi connectivity index (χ0n) is 14.6. The molecule has 0 bridgehead atoms. The Morgan fingerprint density at radius 3 is 2.40 bits per heavy atom. The van der Waals surface area contributed by atoms with Crippen molar-refractivity contribution in [2.24, 2.45) is 0 Å². The number of nitrogens with one attached hydrogen (secondary N) is 1. The summed E-state index contributed by atoms with van der Waals surface area (Å²) in [6.07, 6.45) is 0. The highest BCUT2D eigenvalue weighted by atomic mass is 16.2. The van der Waals surface area contributed by atoms with Crippen molar-refractivity contribution in [1.29, 1.82) is 0 Å². The van der Waals surface area contributed by atoms with Gasteiger partial charge >= 0.3 is 0 Å². The third-order valence-corrected chi connectivity index (χ3v) is 4.30. The Hall–Kier alpha value is -2.95. The van der Waals surface area contributed by atoms with Gasteiger partial charge in [-0.1, -0.05) is 48.0 Å². The van der Waals surface area contributed by atoms with Gasteiger partial charge in [-0.2, -0.15) is 5.10 Å². The van der Waals surface area contributed by atoms with Gasteiger partial charge in [-0.05, 0) is 32.4 Å². The maximum Gasteiger partial charge on any atom is 0.275 e. The third kappa shape index (κ3) is 3.60. The first-order valence-electron chi connectivity index (χ1n) is 8.28. The Morgan fingerprint density at radius 1 is 1.08 bits per heavy atom. The summed E-state index contributed by atoms with van der Waals surface area (Å²) < 4.78 is 1.23. The van der Waals surface area contributed by atoms with Gasteiger partial charge in [0.25, 0.3) is 5.56 Å². The third-order valence-electron chi connectivity index (χ3n) is 4.30. The van der Waals surface area contributed by atoms with E-state index in [0.29, 0.717) is 5.39 Å². The minimum Gasteiger partial charge on any atom is -0.348 e. The molecule has 5 heteroatoms. The molecule has 0 spiro atoms. The van der Waals surface area contributed by atoms with Gasteiger partial charge in [-0.15, -0.1) is 0 Å². The van der Waals surface area contributed by atoms with E-state index in [1.807, 2.05) is 63.2 Å². The predicted octanol–water partition coefficient (Wildman–Crippen LogP) is 2.89. The summed E-state index contributed by atoms with van der Waals surface area (Å²) in [6.45, 7) is 5.68. The second-order valence-electron chi connectivity index (χ2n) is 6.29. The van der Waals surface area contributed by atoms with E-state index in [0.717, 1.165) is 16.6 Å². The van der Waals surface area contributed by atoms with Gasteiger partial charge in [0, 0.05) is 5.39 Å². The van der Waals surface area contributed by atoms with Crippen LogP contribution in [0.25, 0.3) is 10.8 Å². The highest BCUT2D eigenvalue weighted by Gasteiger charge is 2.13. The van der Waals surface area contributed by atoms with Gasteiger partial charge in [0.2, 0.25) is 5.91 Å². The van der Waals surface area contributed by atoms with E-state index in [4.69, 9.17) is 0 Å². The lowest BCUT2D eigenvalue weighted by molar-refractivity contribution is -0.122. The van der Waals surface area contributed by atoms with Crippen molar-refractivity contribution in [1.82, 2.24) is 15.1 Å². The molecule has 1 unspecified atom stereocenters. The summed E-state index contributed by atoms with van der Waals surface area (Å²) in [6, 6.07) is 15.2. The van der Waals surface area contributed by atoms with E-state index in [9.17, 15) is 9.59 Å². The van der Waals surface area contributed by atoms with Crippen molar-refractivity contribution in [3.05, 3.63) is 75.7 Å². The molecule has 1 heterocycles. The molecule has 128 valence electrons. The molecule has 0 fully saturated rings. The first-order valence-corrected chi connectivity index (χ1v) is 8.28. The molecular weight excluding hydrogens is 314 g/mol. The van der Waals surface area contributed by atoms with Gasteiger partial charge in [0.05, 0.1) is 17.1 Å². The van der Waals surface area contributed by atoms with Gasteiger partial charge in [-0.3, -0.25) is 9.59 Å². The number of carbonyl (C=O) groups excluding carboxylic acids is 1. The van der Waals surface area contributed by atoms with Crippen molar-refractivity contribution < 1.29 is 4.79 Å². The lowest BCUT2D eigenvalue weighted by Crippen LogP contribution is -2.35. The van der Waals surface area contributed by atoms with Crippen LogP contribution in [-0.2, 0) is 11.3 Å². The zero-order chi connectivity index (χ0) is 18.0. The van der Waals surface area contributed by atoms with Gasteiger partial charge in [0.1, 0.15) is 6.54 Å². The molecule has 0 aliphatic carbocycles. The number of aryl methyl sites for hydroxylation is 2. The number of carbonyl (C=O) groups is 1. The fourth-order valence-electron chi connectivity index (χ4n) is 2.87. The van der Waals surface area contributed by atoms with Crippen LogP contribution in [0.4, 0.5) is 0 Å². The highest BCUT2D eigenvalue weighted by molar-refractivity contribution is 5.83. The minimum atomic E-state index is -0.251. The number of hydrogen-bond donors (Lipinski definition) is 1. The zero-order valence-corrected chi connectivity index (χ0v) is 14.6. The summed E-state index contributed by atoms with van der Waals surface area (Å²) in [5, 5.41) is 8.59. The van der Waals surface area contributed by atoms with E-state index >= 15 is 0 Å². The fraction of sp³-hybridized carbons (Fsp3) is 0.250. The maximum atomic E-state index is 12.5. The Balaban J connectivity index is 1.79. The topological polar surface area (TPSA) is 64.0 Å². The molecule has 1 aromatic heterocycles. The molecular formula is C20H21N3O2. The molecule has 0 aliphatic heterocycles. The number of aromatic nitrogens is 2. The maximum absolute atomic E-state index is 12.5. The van der Waals surface area contributed by atoms with Crippen molar-refractivity contribution in [3.63, 3.8) is 0 Å².